The molecule has 132 valence electrons. The standard InChI is InChI=1S/C18H19NO6/c1-22-12-8-9-13(18(21)24-3)16(10-12)25-11-17(20)19-14-6-4-5-7-15(14)23-2/h4-10H,11H2,1-3H3,(H,19,20). The lowest BCUT2D eigenvalue weighted by molar-refractivity contribution is -0.118. The number of anilines is 1. The molecule has 0 aromatic heterocycles. The summed E-state index contributed by atoms with van der Waals surface area (Å²) in [6.07, 6.45) is 0. The average Bonchev–Trinajstić information content (AvgIpc) is 2.65. The van der Waals surface area contributed by atoms with Crippen molar-refractivity contribution < 1.29 is 28.5 Å². The number of methoxy groups -OCH3 is 3. The van der Waals surface area contributed by atoms with E-state index in [0.717, 1.165) is 0 Å². The molecule has 0 aliphatic heterocycles. The Balaban J connectivity index is 2.09. The van der Waals surface area contributed by atoms with E-state index in [1.165, 1.54) is 33.5 Å². The highest BCUT2D eigenvalue weighted by Gasteiger charge is 2.16. The molecule has 0 bridgehead atoms. The molecule has 2 aromatic rings. The Bertz CT molecular complexity index is 759. The zero-order chi connectivity index (χ0) is 18.2. The van der Waals surface area contributed by atoms with E-state index in [-0.39, 0.29) is 17.9 Å². The lowest BCUT2D eigenvalue weighted by Crippen LogP contribution is -2.21. The summed E-state index contributed by atoms with van der Waals surface area (Å²) in [5.74, 6) is 0.257. The zero-order valence-electron chi connectivity index (χ0n) is 14.2. The van der Waals surface area contributed by atoms with Crippen molar-refractivity contribution in [1.29, 1.82) is 0 Å². The van der Waals surface area contributed by atoms with Crippen LogP contribution in [-0.2, 0) is 9.53 Å². The molecule has 0 unspecified atom stereocenters. The summed E-state index contributed by atoms with van der Waals surface area (Å²) in [6.45, 7) is -0.296. The first kappa shape index (κ1) is 18.1. The molecule has 0 saturated heterocycles. The predicted octanol–water partition coefficient (Wildman–Crippen LogP) is 2.51. The maximum absolute atomic E-state index is 12.1. The SMILES string of the molecule is COC(=O)c1ccc(OC)cc1OCC(=O)Nc1ccccc1OC. The molecule has 0 aliphatic carbocycles. The van der Waals surface area contributed by atoms with Gasteiger partial charge < -0.3 is 24.3 Å². The van der Waals surface area contributed by atoms with E-state index < -0.39 is 11.9 Å². The molecule has 1 N–H and O–H groups in total. The van der Waals surface area contributed by atoms with Crippen LogP contribution in [0.3, 0.4) is 0 Å². The second-order valence-electron chi connectivity index (χ2n) is 4.89. The Morgan fingerprint density at radius 1 is 0.960 bits per heavy atom. The summed E-state index contributed by atoms with van der Waals surface area (Å²) in [6, 6.07) is 11.6. The van der Waals surface area contributed by atoms with Crippen molar-refractivity contribution in [1.82, 2.24) is 0 Å². The van der Waals surface area contributed by atoms with E-state index in [1.54, 1.807) is 30.3 Å². The number of benzene rings is 2. The molecule has 0 radical (unpaired) electrons. The minimum atomic E-state index is -0.567. The van der Waals surface area contributed by atoms with Crippen molar-refractivity contribution >= 4 is 17.6 Å². The van der Waals surface area contributed by atoms with Crippen LogP contribution in [-0.4, -0.2) is 39.8 Å². The van der Waals surface area contributed by atoms with Crippen LogP contribution in [0.4, 0.5) is 5.69 Å². The number of esters is 1. The summed E-state index contributed by atoms with van der Waals surface area (Å²) in [7, 11) is 4.27. The van der Waals surface area contributed by atoms with E-state index in [4.69, 9.17) is 18.9 Å². The number of hydrogen-bond acceptors (Lipinski definition) is 6. The summed E-state index contributed by atoms with van der Waals surface area (Å²) in [4.78, 5) is 23.9. The molecule has 7 nitrogen and oxygen atoms in total. The monoisotopic (exact) mass is 345 g/mol. The van der Waals surface area contributed by atoms with E-state index in [9.17, 15) is 9.59 Å². The highest BCUT2D eigenvalue weighted by molar-refractivity contribution is 5.94. The fourth-order valence-corrected chi connectivity index (χ4v) is 2.11. The first-order valence-corrected chi connectivity index (χ1v) is 7.41. The van der Waals surface area contributed by atoms with Crippen LogP contribution in [0.5, 0.6) is 17.2 Å². The van der Waals surface area contributed by atoms with E-state index in [1.807, 2.05) is 0 Å². The van der Waals surface area contributed by atoms with Gasteiger partial charge in [-0.2, -0.15) is 0 Å². The van der Waals surface area contributed by atoms with Gasteiger partial charge in [-0.05, 0) is 24.3 Å². The van der Waals surface area contributed by atoms with Crippen molar-refractivity contribution in [3.05, 3.63) is 48.0 Å². The Labute approximate surface area is 145 Å². The van der Waals surface area contributed by atoms with Crippen LogP contribution >= 0.6 is 0 Å². The van der Waals surface area contributed by atoms with E-state index in [2.05, 4.69) is 5.32 Å². The average molecular weight is 345 g/mol. The van der Waals surface area contributed by atoms with Gasteiger partial charge in [0, 0.05) is 6.07 Å². The fraction of sp³-hybridized carbons (Fsp3) is 0.222. The fourth-order valence-electron chi connectivity index (χ4n) is 2.11. The van der Waals surface area contributed by atoms with Gasteiger partial charge in [0.25, 0.3) is 5.91 Å². The van der Waals surface area contributed by atoms with Crippen LogP contribution in [0.1, 0.15) is 10.4 Å². The van der Waals surface area contributed by atoms with Gasteiger partial charge in [-0.1, -0.05) is 12.1 Å². The number of carbonyl (C=O) groups is 2. The van der Waals surface area contributed by atoms with Crippen molar-refractivity contribution in [2.45, 2.75) is 0 Å². The van der Waals surface area contributed by atoms with Gasteiger partial charge in [0.2, 0.25) is 0 Å². The van der Waals surface area contributed by atoms with Gasteiger partial charge in [0.05, 0.1) is 27.0 Å². The zero-order valence-corrected chi connectivity index (χ0v) is 14.2. The topological polar surface area (TPSA) is 83.1 Å². The van der Waals surface area contributed by atoms with Gasteiger partial charge in [-0.15, -0.1) is 0 Å². The molecule has 25 heavy (non-hydrogen) atoms. The lowest BCUT2D eigenvalue weighted by atomic mass is 10.2. The van der Waals surface area contributed by atoms with E-state index in [0.29, 0.717) is 17.2 Å². The molecule has 0 aliphatic rings. The number of para-hydroxylation sites is 2. The molecule has 1 amide bonds. The maximum atomic E-state index is 12.1. The molecule has 0 heterocycles. The second kappa shape index (κ2) is 8.58. The Morgan fingerprint density at radius 2 is 1.72 bits per heavy atom. The van der Waals surface area contributed by atoms with Crippen LogP contribution in [0.15, 0.2) is 42.5 Å². The van der Waals surface area contributed by atoms with Crippen LogP contribution in [0.2, 0.25) is 0 Å². The highest BCUT2D eigenvalue weighted by atomic mass is 16.5. The molecular formula is C18H19NO6. The largest absolute Gasteiger partial charge is 0.497 e. The first-order valence-electron chi connectivity index (χ1n) is 7.41. The molecule has 2 rings (SSSR count). The first-order chi connectivity index (χ1) is 12.1. The number of nitrogens with one attached hydrogen (secondary N) is 1. The van der Waals surface area contributed by atoms with Gasteiger partial charge in [0.1, 0.15) is 22.8 Å². The van der Waals surface area contributed by atoms with Gasteiger partial charge in [-0.25, -0.2) is 4.79 Å². The van der Waals surface area contributed by atoms with Crippen LogP contribution in [0.25, 0.3) is 0 Å². The summed E-state index contributed by atoms with van der Waals surface area (Å²) < 4.78 is 20.5. The summed E-state index contributed by atoms with van der Waals surface area (Å²) >= 11 is 0. The quantitative estimate of drug-likeness (QED) is 0.777. The second-order valence-corrected chi connectivity index (χ2v) is 4.89. The number of carbonyl (C=O) groups excluding carboxylic acids is 2. The molecule has 0 saturated carbocycles. The third-order valence-corrected chi connectivity index (χ3v) is 3.33. The van der Waals surface area contributed by atoms with E-state index >= 15 is 0 Å². The van der Waals surface area contributed by atoms with Crippen LogP contribution in [0, 0.1) is 0 Å². The normalized spacial score (nSPS) is 9.88. The van der Waals surface area contributed by atoms with Crippen molar-refractivity contribution in [2.75, 3.05) is 33.3 Å². The maximum Gasteiger partial charge on any atom is 0.341 e. The third kappa shape index (κ3) is 4.63. The van der Waals surface area contributed by atoms with Crippen molar-refractivity contribution in [3.63, 3.8) is 0 Å². The Morgan fingerprint density at radius 3 is 2.40 bits per heavy atom. The minimum Gasteiger partial charge on any atom is -0.497 e. The smallest absolute Gasteiger partial charge is 0.341 e. The van der Waals surface area contributed by atoms with Crippen molar-refractivity contribution in [2.24, 2.45) is 0 Å². The Kier molecular flexibility index (Phi) is 6.22. The molecule has 0 atom stereocenters. The molecular weight excluding hydrogens is 326 g/mol. The minimum absolute atomic E-state index is 0.196. The van der Waals surface area contributed by atoms with Gasteiger partial charge >= 0.3 is 5.97 Å². The summed E-state index contributed by atoms with van der Waals surface area (Å²) in [5, 5.41) is 2.69. The Hall–Kier alpha value is -3.22. The number of ether oxygens (including phenoxy) is 4. The summed E-state index contributed by atoms with van der Waals surface area (Å²) in [5.41, 5.74) is 0.728. The lowest BCUT2D eigenvalue weighted by Gasteiger charge is -2.13. The molecule has 0 fully saturated rings. The van der Waals surface area contributed by atoms with Crippen LogP contribution < -0.4 is 19.5 Å². The van der Waals surface area contributed by atoms with Gasteiger partial charge in [0.15, 0.2) is 6.61 Å². The molecule has 7 heteroatoms. The highest BCUT2D eigenvalue weighted by Crippen LogP contribution is 2.26. The number of hydrogen-bond donors (Lipinski definition) is 1. The number of rotatable bonds is 7. The van der Waals surface area contributed by atoms with Crippen molar-refractivity contribution in [3.8, 4) is 17.2 Å². The number of amides is 1. The molecule has 0 spiro atoms. The third-order valence-electron chi connectivity index (χ3n) is 3.33. The van der Waals surface area contributed by atoms with Gasteiger partial charge in [-0.3, -0.25) is 4.79 Å². The molecule has 2 aromatic carbocycles. The predicted molar refractivity (Wildman–Crippen MR) is 91.5 cm³/mol.